The number of methoxy groups -OCH3 is 1. The van der Waals surface area contributed by atoms with Crippen LogP contribution in [0.4, 0.5) is 5.69 Å². The van der Waals surface area contributed by atoms with E-state index >= 15 is 0 Å². The molecule has 3 heterocycles. The van der Waals surface area contributed by atoms with Gasteiger partial charge in [-0.3, -0.25) is 19.3 Å². The Balaban J connectivity index is 1.25. The second-order valence-electron chi connectivity index (χ2n) is 17.1. The maximum Gasteiger partial charge on any atom is 0.262 e. The number of carbonyl (C=O) groups excluding carboxylic acids is 1. The number of nitrogens with one attached hydrogen (secondary N) is 1. The number of ether oxygens (including phenoxy) is 2. The fourth-order valence-electron chi connectivity index (χ4n) is 9.72. The van der Waals surface area contributed by atoms with Gasteiger partial charge < -0.3 is 14.4 Å². The van der Waals surface area contributed by atoms with E-state index in [1.54, 1.807) is 6.07 Å². The molecule has 1 N–H and O–H groups in total. The number of nitrogens with zero attached hydrogens (tertiary/aromatic N) is 3. The van der Waals surface area contributed by atoms with Gasteiger partial charge in [0.25, 0.3) is 5.91 Å². The molecule has 13 heteroatoms. The molecule has 1 amide bonds. The average molecular weight is 816 g/mol. The van der Waals surface area contributed by atoms with E-state index in [2.05, 4.69) is 56.5 Å². The third-order valence-electron chi connectivity index (χ3n) is 13.5. The normalized spacial score (nSPS) is 34.1. The van der Waals surface area contributed by atoms with E-state index in [1.165, 1.54) is 17.4 Å². The van der Waals surface area contributed by atoms with Crippen LogP contribution >= 0.6 is 11.6 Å². The highest BCUT2D eigenvalue weighted by Crippen LogP contribution is 2.49. The maximum absolute atomic E-state index is 14.1. The van der Waals surface area contributed by atoms with Gasteiger partial charge in [0.2, 0.25) is 0 Å². The molecule has 0 radical (unpaired) electrons. The predicted octanol–water partition coefficient (Wildman–Crippen LogP) is 5.23. The quantitative estimate of drug-likeness (QED) is 0.310. The average Bonchev–Trinajstić information content (AvgIpc) is 3.28. The molecule has 2 aromatic carbocycles. The molecule has 2 aromatic rings. The van der Waals surface area contributed by atoms with E-state index in [4.69, 9.17) is 21.1 Å². The molecule has 302 valence electrons. The summed E-state index contributed by atoms with van der Waals surface area (Å²) in [5.74, 6) is 5.13. The first-order valence-corrected chi connectivity index (χ1v) is 24.2. The van der Waals surface area contributed by atoms with Crippen molar-refractivity contribution in [1.82, 2.24) is 14.5 Å². The highest BCUT2D eigenvalue weighted by Gasteiger charge is 2.50. The Hall–Kier alpha value is -2.61. The Morgan fingerprint density at radius 1 is 1.09 bits per heavy atom. The van der Waals surface area contributed by atoms with Crippen LogP contribution in [-0.2, 0) is 36.1 Å². The summed E-state index contributed by atoms with van der Waals surface area (Å²) in [5, 5.41) is 0.374. The molecule has 3 aliphatic heterocycles. The van der Waals surface area contributed by atoms with Crippen LogP contribution in [-0.4, -0.2) is 123 Å². The molecule has 7 rings (SSSR count). The number of rotatable bonds is 6. The Kier molecular flexibility index (Phi) is 11.8. The lowest BCUT2D eigenvalue weighted by atomic mass is 9.63. The molecule has 1 spiro atoms. The number of allylic oxidation sites excluding steroid dienone is 1. The highest BCUT2D eigenvalue weighted by molar-refractivity contribution is 7.99. The Labute approximate surface area is 334 Å². The van der Waals surface area contributed by atoms with Gasteiger partial charge in [0.1, 0.15) is 21.2 Å². The fraction of sp³-hybridized carbons (Fsp3) is 0.619. The summed E-state index contributed by atoms with van der Waals surface area (Å²) >= 11 is 6.51. The largest absolute Gasteiger partial charge is 0.490 e. The first kappa shape index (κ1) is 40.6. The molecule has 1 saturated heterocycles. The minimum atomic E-state index is -3.02. The number of piperazine rings is 1. The van der Waals surface area contributed by atoms with Crippen molar-refractivity contribution in [3.05, 3.63) is 70.3 Å². The minimum Gasteiger partial charge on any atom is -0.490 e. The van der Waals surface area contributed by atoms with Crippen molar-refractivity contribution < 1.29 is 26.9 Å². The summed E-state index contributed by atoms with van der Waals surface area (Å²) < 4.78 is 54.0. The summed E-state index contributed by atoms with van der Waals surface area (Å²) in [4.78, 5) is 21.0. The molecule has 1 saturated carbocycles. The van der Waals surface area contributed by atoms with Crippen LogP contribution in [0, 0.1) is 17.8 Å². The van der Waals surface area contributed by atoms with Gasteiger partial charge in [0.15, 0.2) is 0 Å². The molecule has 55 heavy (non-hydrogen) atoms. The lowest BCUT2D eigenvalue weighted by Gasteiger charge is -2.52. The first-order chi connectivity index (χ1) is 26.1. The molecule has 10 nitrogen and oxygen atoms in total. The Bertz CT molecular complexity index is 2000. The van der Waals surface area contributed by atoms with Gasteiger partial charge in [0.05, 0.1) is 27.8 Å². The van der Waals surface area contributed by atoms with E-state index in [0.29, 0.717) is 31.1 Å². The van der Waals surface area contributed by atoms with Crippen molar-refractivity contribution >= 4 is 48.6 Å². The second kappa shape index (κ2) is 16.0. The number of hydrogen-bond donors (Lipinski definition) is 1. The van der Waals surface area contributed by atoms with Crippen LogP contribution in [0.25, 0.3) is 0 Å². The van der Waals surface area contributed by atoms with E-state index in [0.717, 1.165) is 94.4 Å². The van der Waals surface area contributed by atoms with Gasteiger partial charge in [-0.05, 0) is 111 Å². The molecule has 2 bridgehead atoms. The lowest BCUT2D eigenvalue weighted by molar-refractivity contribution is -0.0953. The van der Waals surface area contributed by atoms with E-state index in [1.807, 2.05) is 32.2 Å². The summed E-state index contributed by atoms with van der Waals surface area (Å²) in [7, 11) is -4.17. The van der Waals surface area contributed by atoms with Crippen LogP contribution in [0.15, 0.2) is 48.6 Å². The van der Waals surface area contributed by atoms with E-state index < -0.39 is 31.1 Å². The smallest absolute Gasteiger partial charge is 0.262 e. The van der Waals surface area contributed by atoms with Crippen molar-refractivity contribution in [2.75, 3.05) is 83.0 Å². The number of carbonyl (C=O) groups is 1. The van der Waals surface area contributed by atoms with Crippen molar-refractivity contribution in [3.8, 4) is 5.75 Å². The topological polar surface area (TPSA) is 108 Å². The van der Waals surface area contributed by atoms with Gasteiger partial charge in [-0.1, -0.05) is 36.7 Å². The van der Waals surface area contributed by atoms with Gasteiger partial charge in [-0.2, -0.15) is 0 Å². The van der Waals surface area contributed by atoms with Crippen molar-refractivity contribution in [2.24, 2.45) is 17.8 Å². The Morgan fingerprint density at radius 2 is 1.85 bits per heavy atom. The van der Waals surface area contributed by atoms with E-state index in [-0.39, 0.29) is 28.3 Å². The minimum absolute atomic E-state index is 0.0139. The Morgan fingerprint density at radius 3 is 2.56 bits per heavy atom. The monoisotopic (exact) mass is 814 g/mol. The summed E-state index contributed by atoms with van der Waals surface area (Å²) in [6.45, 7) is 10.6. The lowest BCUT2D eigenvalue weighted by Crippen LogP contribution is -2.59. The van der Waals surface area contributed by atoms with Crippen LogP contribution < -0.4 is 14.4 Å². The molecular formula is C42H59ClN4O6S2. The van der Waals surface area contributed by atoms with Crippen LogP contribution in [0.5, 0.6) is 5.75 Å². The molecular weight excluding hydrogens is 756 g/mol. The number of aryl methyl sites for hydroxylation is 1. The zero-order valence-electron chi connectivity index (χ0n) is 32.9. The molecule has 2 fully saturated rings. The van der Waals surface area contributed by atoms with Crippen molar-refractivity contribution in [2.45, 2.75) is 68.6 Å². The molecule has 7 atom stereocenters. The van der Waals surface area contributed by atoms with Crippen molar-refractivity contribution in [3.63, 3.8) is 0 Å². The fourth-order valence-corrected chi connectivity index (χ4v) is 12.0. The van der Waals surface area contributed by atoms with Gasteiger partial charge >= 0.3 is 0 Å². The summed E-state index contributed by atoms with van der Waals surface area (Å²) in [6.07, 6.45) is 11.5. The zero-order chi connectivity index (χ0) is 39.2. The van der Waals surface area contributed by atoms with Crippen LogP contribution in [0.1, 0.15) is 67.4 Å². The second-order valence-corrected chi connectivity index (χ2v) is 22.2. The molecule has 2 aliphatic carbocycles. The zero-order valence-corrected chi connectivity index (χ0v) is 35.3. The van der Waals surface area contributed by atoms with Gasteiger partial charge in [-0.25, -0.2) is 12.6 Å². The van der Waals surface area contributed by atoms with Crippen LogP contribution in [0.2, 0.25) is 5.02 Å². The number of amides is 1. The number of halogens is 1. The van der Waals surface area contributed by atoms with Crippen LogP contribution in [0.3, 0.4) is 0 Å². The number of benzene rings is 2. The number of sulfone groups is 1. The highest BCUT2D eigenvalue weighted by atomic mass is 35.5. The van der Waals surface area contributed by atoms with Gasteiger partial charge in [0, 0.05) is 87.0 Å². The SMILES string of the molecule is C=S1(=O)NC(=O)c2ccc3c(c2)N(C[C@@H]2CC[C@H]2[C@@](CN2CCN(CCS(C)(=O)=O)CC2)(OC)/C=C/C[C@H](C)[C@H]1C)C[C@@]1(CCCc2cc(Cl)ccc21)CO3. The van der Waals surface area contributed by atoms with Crippen molar-refractivity contribution in [1.29, 1.82) is 0 Å². The number of fused-ring (bicyclic) bond motifs is 4. The standard InChI is InChI=1S/C42H59ClN4O6S2/c1-30-8-6-17-42(52-3,28-46-20-18-45(19-21-46)22-23-54(4,49)50)37-13-10-34(37)26-47-27-41(16-7-9-32-24-35(43)12-14-36(32)41)29-53-39-15-11-33(25-38(39)47)40(48)44-55(5,51)31(30)2/h6,11-12,14-15,17,24-25,30-31,34,37H,5,7-10,13,16,18-23,26-29H2,1-4H3,(H,44,48,51)/b17-6+/t30-,31+,34-,37+,41-,42+,55?/m0/s1. The van der Waals surface area contributed by atoms with E-state index in [9.17, 15) is 17.4 Å². The number of anilines is 1. The summed E-state index contributed by atoms with van der Waals surface area (Å²) in [5.41, 5.74) is 3.06. The molecule has 1 unspecified atom stereocenters. The molecule has 0 aromatic heterocycles. The molecule has 5 aliphatic rings. The number of hydrogen-bond acceptors (Lipinski definition) is 9. The summed E-state index contributed by atoms with van der Waals surface area (Å²) in [6, 6.07) is 11.9. The maximum atomic E-state index is 14.1. The first-order valence-electron chi connectivity index (χ1n) is 19.9. The third kappa shape index (κ3) is 8.65. The van der Waals surface area contributed by atoms with Gasteiger partial charge in [-0.15, -0.1) is 0 Å². The third-order valence-corrected chi connectivity index (χ3v) is 16.8. The predicted molar refractivity (Wildman–Crippen MR) is 224 cm³/mol.